The number of aryl methyl sites for hydroxylation is 2. The summed E-state index contributed by atoms with van der Waals surface area (Å²) in [6, 6.07) is 6.60. The zero-order valence-electron chi connectivity index (χ0n) is 13.5. The molecule has 1 aromatic rings. The number of benzene rings is 1. The maximum atomic E-state index is 10.8. The normalized spacial score (nSPS) is 18.1. The number of aliphatic hydroxyl groups excluding tert-OH is 1. The summed E-state index contributed by atoms with van der Waals surface area (Å²) in [6.45, 7) is 10.8. The van der Waals surface area contributed by atoms with Crippen molar-refractivity contribution in [3.63, 3.8) is 0 Å². The molecule has 0 spiro atoms. The largest absolute Gasteiger partial charge is 0.387 e. The quantitative estimate of drug-likeness (QED) is 0.879. The first-order chi connectivity index (χ1) is 9.28. The molecule has 0 fully saturated rings. The Morgan fingerprint density at radius 2 is 1.75 bits per heavy atom. The minimum absolute atomic E-state index is 0.00659. The van der Waals surface area contributed by atoms with Crippen LogP contribution < -0.4 is 5.32 Å². The predicted molar refractivity (Wildman–Crippen MR) is 84.9 cm³/mol. The van der Waals surface area contributed by atoms with Gasteiger partial charge in [0, 0.05) is 11.6 Å². The van der Waals surface area contributed by atoms with E-state index in [1.165, 1.54) is 24.0 Å². The van der Waals surface area contributed by atoms with Crippen LogP contribution in [0.25, 0.3) is 0 Å². The molecule has 112 valence electrons. The molecule has 0 bridgehead atoms. The van der Waals surface area contributed by atoms with Crippen molar-refractivity contribution in [1.82, 2.24) is 5.32 Å². The molecule has 0 saturated heterocycles. The van der Waals surface area contributed by atoms with E-state index in [1.807, 2.05) is 0 Å². The Labute approximate surface area is 123 Å². The van der Waals surface area contributed by atoms with Crippen LogP contribution in [0.1, 0.15) is 63.8 Å². The second-order valence-electron chi connectivity index (χ2n) is 7.49. The van der Waals surface area contributed by atoms with E-state index in [2.05, 4.69) is 58.1 Å². The fourth-order valence-electron chi connectivity index (χ4n) is 3.09. The number of aliphatic hydroxyl groups is 1. The van der Waals surface area contributed by atoms with Gasteiger partial charge in [0.05, 0.1) is 6.10 Å². The lowest BCUT2D eigenvalue weighted by molar-refractivity contribution is 0.0893. The van der Waals surface area contributed by atoms with E-state index in [9.17, 15) is 5.11 Å². The Morgan fingerprint density at radius 3 is 2.35 bits per heavy atom. The second-order valence-corrected chi connectivity index (χ2v) is 7.49. The molecule has 20 heavy (non-hydrogen) atoms. The molecule has 2 atom stereocenters. The van der Waals surface area contributed by atoms with E-state index >= 15 is 0 Å². The van der Waals surface area contributed by atoms with Gasteiger partial charge in [0.25, 0.3) is 0 Å². The summed E-state index contributed by atoms with van der Waals surface area (Å²) in [7, 11) is 0. The van der Waals surface area contributed by atoms with Gasteiger partial charge in [-0.05, 0) is 62.6 Å². The molecule has 2 N–H and O–H groups in total. The molecule has 2 heteroatoms. The number of hydrogen-bond acceptors (Lipinski definition) is 2. The third kappa shape index (κ3) is 3.62. The van der Waals surface area contributed by atoms with Crippen molar-refractivity contribution in [2.24, 2.45) is 5.92 Å². The molecule has 0 amide bonds. The third-order valence-electron chi connectivity index (χ3n) is 4.12. The van der Waals surface area contributed by atoms with Gasteiger partial charge in [0.2, 0.25) is 0 Å². The molecule has 2 rings (SSSR count). The predicted octanol–water partition coefficient (Wildman–Crippen LogP) is 3.62. The number of rotatable bonds is 4. The molecule has 0 aliphatic heterocycles. The molecule has 2 nitrogen and oxygen atoms in total. The van der Waals surface area contributed by atoms with Crippen LogP contribution in [0.5, 0.6) is 0 Å². The smallest absolute Gasteiger partial charge is 0.0945 e. The highest BCUT2D eigenvalue weighted by atomic mass is 16.3. The minimum Gasteiger partial charge on any atom is -0.387 e. The van der Waals surface area contributed by atoms with Crippen LogP contribution in [0.3, 0.4) is 0 Å². The van der Waals surface area contributed by atoms with E-state index in [0.29, 0.717) is 5.92 Å². The Balaban J connectivity index is 2.21. The fraction of sp³-hybridized carbons (Fsp3) is 0.667. The van der Waals surface area contributed by atoms with Gasteiger partial charge in [0.1, 0.15) is 0 Å². The zero-order valence-corrected chi connectivity index (χ0v) is 13.5. The van der Waals surface area contributed by atoms with E-state index < -0.39 is 6.10 Å². The van der Waals surface area contributed by atoms with Crippen LogP contribution in [0.4, 0.5) is 0 Å². The van der Waals surface area contributed by atoms with Gasteiger partial charge in [0.15, 0.2) is 0 Å². The van der Waals surface area contributed by atoms with Gasteiger partial charge in [-0.2, -0.15) is 0 Å². The van der Waals surface area contributed by atoms with Gasteiger partial charge in [-0.25, -0.2) is 0 Å². The molecule has 0 aromatic heterocycles. The summed E-state index contributed by atoms with van der Waals surface area (Å²) in [6.07, 6.45) is 3.16. The summed E-state index contributed by atoms with van der Waals surface area (Å²) < 4.78 is 0. The van der Waals surface area contributed by atoms with Crippen molar-refractivity contribution in [1.29, 1.82) is 0 Å². The molecule has 0 heterocycles. The van der Waals surface area contributed by atoms with Crippen molar-refractivity contribution in [3.8, 4) is 0 Å². The monoisotopic (exact) mass is 275 g/mol. The van der Waals surface area contributed by atoms with Crippen LogP contribution >= 0.6 is 0 Å². The van der Waals surface area contributed by atoms with E-state index in [1.54, 1.807) is 0 Å². The average molecular weight is 275 g/mol. The van der Waals surface area contributed by atoms with Gasteiger partial charge >= 0.3 is 0 Å². The third-order valence-corrected chi connectivity index (χ3v) is 4.12. The summed E-state index contributed by atoms with van der Waals surface area (Å²) in [5.74, 6) is 0.387. The van der Waals surface area contributed by atoms with Crippen molar-refractivity contribution < 1.29 is 5.11 Å². The van der Waals surface area contributed by atoms with Crippen molar-refractivity contribution >= 4 is 0 Å². The Morgan fingerprint density at radius 1 is 1.10 bits per heavy atom. The van der Waals surface area contributed by atoms with Gasteiger partial charge in [-0.3, -0.25) is 0 Å². The number of fused-ring (bicyclic) bond motifs is 1. The zero-order chi connectivity index (χ0) is 14.9. The Kier molecular flexibility index (Phi) is 4.55. The highest BCUT2D eigenvalue weighted by Crippen LogP contribution is 2.29. The highest BCUT2D eigenvalue weighted by Gasteiger charge is 2.28. The minimum atomic E-state index is -0.444. The van der Waals surface area contributed by atoms with Crippen LogP contribution in [0, 0.1) is 5.92 Å². The van der Waals surface area contributed by atoms with E-state index in [4.69, 9.17) is 0 Å². The standard InChI is InChI=1S/C18H29NO/c1-12(2)16(19-18(3,4)5)17(20)15-10-9-13-7-6-8-14(13)11-15/h9-12,16-17,19-20H,6-8H2,1-5H3. The summed E-state index contributed by atoms with van der Waals surface area (Å²) >= 11 is 0. The van der Waals surface area contributed by atoms with E-state index in [-0.39, 0.29) is 11.6 Å². The molecule has 0 saturated carbocycles. The first-order valence-electron chi connectivity index (χ1n) is 7.85. The fourth-order valence-corrected chi connectivity index (χ4v) is 3.09. The lowest BCUT2D eigenvalue weighted by Gasteiger charge is -2.34. The molecule has 2 unspecified atom stereocenters. The van der Waals surface area contributed by atoms with Gasteiger partial charge < -0.3 is 10.4 Å². The average Bonchev–Trinajstić information content (AvgIpc) is 2.80. The number of hydrogen-bond donors (Lipinski definition) is 2. The highest BCUT2D eigenvalue weighted by molar-refractivity contribution is 5.36. The van der Waals surface area contributed by atoms with Gasteiger partial charge in [-0.15, -0.1) is 0 Å². The van der Waals surface area contributed by atoms with E-state index in [0.717, 1.165) is 12.0 Å². The molecule has 0 radical (unpaired) electrons. The number of nitrogens with one attached hydrogen (secondary N) is 1. The molecule has 1 aromatic carbocycles. The van der Waals surface area contributed by atoms with Crippen molar-refractivity contribution in [2.75, 3.05) is 0 Å². The van der Waals surface area contributed by atoms with Crippen LogP contribution in [-0.2, 0) is 12.8 Å². The topological polar surface area (TPSA) is 32.3 Å². The molecular formula is C18H29NO. The molecular weight excluding hydrogens is 246 g/mol. The first kappa shape index (κ1) is 15.5. The summed E-state index contributed by atoms with van der Waals surface area (Å²) in [4.78, 5) is 0. The molecule has 1 aliphatic rings. The van der Waals surface area contributed by atoms with Crippen LogP contribution in [0.15, 0.2) is 18.2 Å². The van der Waals surface area contributed by atoms with Crippen molar-refractivity contribution in [3.05, 3.63) is 34.9 Å². The van der Waals surface area contributed by atoms with Gasteiger partial charge in [-0.1, -0.05) is 32.0 Å². The summed E-state index contributed by atoms with van der Waals surface area (Å²) in [5.41, 5.74) is 3.96. The maximum absolute atomic E-state index is 10.8. The second kappa shape index (κ2) is 5.87. The maximum Gasteiger partial charge on any atom is 0.0945 e. The Bertz CT molecular complexity index is 459. The molecule has 1 aliphatic carbocycles. The van der Waals surface area contributed by atoms with Crippen molar-refractivity contribution in [2.45, 2.75) is 71.6 Å². The first-order valence-corrected chi connectivity index (χ1v) is 7.85. The van der Waals surface area contributed by atoms with Crippen LogP contribution in [-0.4, -0.2) is 16.7 Å². The van der Waals surface area contributed by atoms with Crippen LogP contribution in [0.2, 0.25) is 0 Å². The lowest BCUT2D eigenvalue weighted by Crippen LogP contribution is -2.49. The Hall–Kier alpha value is -0.860. The SMILES string of the molecule is CC(C)C(NC(C)(C)C)C(O)c1ccc2c(c1)CCC2. The summed E-state index contributed by atoms with van der Waals surface area (Å²) in [5, 5.41) is 14.4. The lowest BCUT2D eigenvalue weighted by atomic mass is 9.90.